The lowest BCUT2D eigenvalue weighted by molar-refractivity contribution is 1.28. The average molecular weight is 756 g/mol. The molecule has 2 heteroatoms. The molecule has 11 aromatic rings. The van der Waals surface area contributed by atoms with Crippen LogP contribution in [0.3, 0.4) is 0 Å². The normalized spacial score (nSPS) is 11.4. The SMILES string of the molecule is c1ccc(-c2cc(-c3cccc4sc5ccccc5c34)ccc2N(c2ccc(-c3ccc4ccccc4c3)cc2)c2ccc(-c3ccc4ccccc4c3)cc2)cc1. The summed E-state index contributed by atoms with van der Waals surface area (Å²) in [6, 6.07) is 82.1. The van der Waals surface area contributed by atoms with E-state index in [1.165, 1.54) is 86.2 Å². The smallest absolute Gasteiger partial charge is 0.0540 e. The van der Waals surface area contributed by atoms with Crippen molar-refractivity contribution >= 4 is 70.1 Å². The first-order valence-corrected chi connectivity index (χ1v) is 20.6. The van der Waals surface area contributed by atoms with Crippen LogP contribution in [0.1, 0.15) is 0 Å². The summed E-state index contributed by atoms with van der Waals surface area (Å²) >= 11 is 1.87. The van der Waals surface area contributed by atoms with E-state index in [-0.39, 0.29) is 0 Å². The first-order valence-electron chi connectivity index (χ1n) is 19.8. The maximum Gasteiger partial charge on any atom is 0.0540 e. The number of fused-ring (bicyclic) bond motifs is 5. The molecular weight excluding hydrogens is 719 g/mol. The zero-order chi connectivity index (χ0) is 38.4. The molecule has 0 unspecified atom stereocenters. The molecule has 58 heavy (non-hydrogen) atoms. The van der Waals surface area contributed by atoms with Gasteiger partial charge >= 0.3 is 0 Å². The molecule has 1 heterocycles. The van der Waals surface area contributed by atoms with Gasteiger partial charge in [-0.1, -0.05) is 164 Å². The van der Waals surface area contributed by atoms with Crippen LogP contribution in [0.15, 0.2) is 224 Å². The second-order valence-electron chi connectivity index (χ2n) is 14.9. The lowest BCUT2D eigenvalue weighted by Gasteiger charge is -2.29. The Bertz CT molecular complexity index is 3150. The van der Waals surface area contributed by atoms with Gasteiger partial charge in [0.25, 0.3) is 0 Å². The van der Waals surface area contributed by atoms with Crippen LogP contribution in [0.5, 0.6) is 0 Å². The van der Waals surface area contributed by atoms with Crippen LogP contribution in [0, 0.1) is 0 Å². The highest BCUT2D eigenvalue weighted by Gasteiger charge is 2.20. The Balaban J connectivity index is 1.07. The Morgan fingerprint density at radius 3 is 1.45 bits per heavy atom. The number of hydrogen-bond acceptors (Lipinski definition) is 2. The molecule has 1 nitrogen and oxygen atoms in total. The Morgan fingerprint density at radius 1 is 0.293 bits per heavy atom. The minimum absolute atomic E-state index is 1.10. The summed E-state index contributed by atoms with van der Waals surface area (Å²) in [5.74, 6) is 0. The molecule has 1 aromatic heterocycles. The fraction of sp³-hybridized carbons (Fsp3) is 0. The number of nitrogens with zero attached hydrogens (tertiary/aromatic N) is 1. The highest BCUT2D eigenvalue weighted by atomic mass is 32.1. The predicted molar refractivity (Wildman–Crippen MR) is 251 cm³/mol. The average Bonchev–Trinajstić information content (AvgIpc) is 3.69. The lowest BCUT2D eigenvalue weighted by Crippen LogP contribution is -2.11. The van der Waals surface area contributed by atoms with Crippen LogP contribution in [0.4, 0.5) is 17.1 Å². The van der Waals surface area contributed by atoms with Crippen molar-refractivity contribution in [2.75, 3.05) is 4.90 Å². The molecule has 0 spiro atoms. The van der Waals surface area contributed by atoms with Crippen molar-refractivity contribution in [3.8, 4) is 44.5 Å². The molecule has 0 fully saturated rings. The van der Waals surface area contributed by atoms with Crippen LogP contribution in [-0.2, 0) is 0 Å². The van der Waals surface area contributed by atoms with E-state index in [0.717, 1.165) is 17.1 Å². The third-order valence-corrected chi connectivity index (χ3v) is 12.6. The molecule has 0 aliphatic heterocycles. The van der Waals surface area contributed by atoms with Gasteiger partial charge in [-0.25, -0.2) is 0 Å². The van der Waals surface area contributed by atoms with E-state index < -0.39 is 0 Å². The monoisotopic (exact) mass is 755 g/mol. The van der Waals surface area contributed by atoms with Crippen molar-refractivity contribution in [3.63, 3.8) is 0 Å². The topological polar surface area (TPSA) is 3.24 Å². The summed E-state index contributed by atoms with van der Waals surface area (Å²) in [5.41, 5.74) is 12.9. The lowest BCUT2D eigenvalue weighted by atomic mass is 9.93. The van der Waals surface area contributed by atoms with Gasteiger partial charge in [-0.05, 0) is 121 Å². The highest BCUT2D eigenvalue weighted by Crippen LogP contribution is 2.46. The van der Waals surface area contributed by atoms with Gasteiger partial charge in [0.15, 0.2) is 0 Å². The molecule has 0 radical (unpaired) electrons. The standard InChI is InChI=1S/C56H37NS/c1-2-13-42(14-3-1)52-37-47(50-18-10-20-55-56(50)51-17-8-9-19-54(51)58-55)29-34-53(52)57(48-30-25-40(26-31-48)45-23-21-38-11-4-6-15-43(38)35-45)49-32-27-41(28-33-49)46-24-22-39-12-5-7-16-44(39)36-46/h1-37H. The van der Waals surface area contributed by atoms with Crippen molar-refractivity contribution in [3.05, 3.63) is 224 Å². The molecule has 0 saturated carbocycles. The molecule has 0 atom stereocenters. The fourth-order valence-electron chi connectivity index (χ4n) is 8.53. The van der Waals surface area contributed by atoms with E-state index in [9.17, 15) is 0 Å². The summed E-state index contributed by atoms with van der Waals surface area (Å²) in [6.07, 6.45) is 0. The Labute approximate surface area is 342 Å². The van der Waals surface area contributed by atoms with Crippen molar-refractivity contribution in [1.29, 1.82) is 0 Å². The Kier molecular flexibility index (Phi) is 8.42. The fourth-order valence-corrected chi connectivity index (χ4v) is 9.67. The number of thiophene rings is 1. The van der Waals surface area contributed by atoms with E-state index in [0.29, 0.717) is 0 Å². The highest BCUT2D eigenvalue weighted by molar-refractivity contribution is 7.25. The molecule has 0 bridgehead atoms. The molecule has 0 aliphatic rings. The summed E-state index contributed by atoms with van der Waals surface area (Å²) in [5, 5.41) is 7.62. The van der Waals surface area contributed by atoms with Crippen LogP contribution in [-0.4, -0.2) is 0 Å². The van der Waals surface area contributed by atoms with Crippen LogP contribution >= 0.6 is 11.3 Å². The van der Waals surface area contributed by atoms with Gasteiger partial charge in [0, 0.05) is 37.1 Å². The molecule has 0 aliphatic carbocycles. The second-order valence-corrected chi connectivity index (χ2v) is 16.0. The van der Waals surface area contributed by atoms with Gasteiger partial charge in [-0.15, -0.1) is 11.3 Å². The minimum Gasteiger partial charge on any atom is -0.310 e. The molecule has 272 valence electrons. The first kappa shape index (κ1) is 34.0. The van der Waals surface area contributed by atoms with Gasteiger partial charge in [0.05, 0.1) is 5.69 Å². The van der Waals surface area contributed by atoms with E-state index in [4.69, 9.17) is 0 Å². The molecule has 0 N–H and O–H groups in total. The predicted octanol–water partition coefficient (Wildman–Crippen LogP) is 16.5. The summed E-state index contributed by atoms with van der Waals surface area (Å²) < 4.78 is 2.62. The zero-order valence-electron chi connectivity index (χ0n) is 31.7. The molecule has 10 aromatic carbocycles. The van der Waals surface area contributed by atoms with E-state index in [1.54, 1.807) is 0 Å². The molecule has 11 rings (SSSR count). The van der Waals surface area contributed by atoms with Gasteiger partial charge < -0.3 is 4.90 Å². The third kappa shape index (κ3) is 6.12. The quantitative estimate of drug-likeness (QED) is 0.157. The van der Waals surface area contributed by atoms with Crippen molar-refractivity contribution in [2.45, 2.75) is 0 Å². The van der Waals surface area contributed by atoms with Crippen LogP contribution in [0.2, 0.25) is 0 Å². The second kappa shape index (κ2) is 14.4. The number of benzene rings is 10. The number of hydrogen-bond donors (Lipinski definition) is 0. The Morgan fingerprint density at radius 2 is 0.810 bits per heavy atom. The Hall–Kier alpha value is -7.26. The maximum absolute atomic E-state index is 2.42. The van der Waals surface area contributed by atoms with Crippen molar-refractivity contribution in [1.82, 2.24) is 0 Å². The number of anilines is 3. The molecule has 0 amide bonds. The van der Waals surface area contributed by atoms with Crippen LogP contribution < -0.4 is 4.90 Å². The maximum atomic E-state index is 2.42. The van der Waals surface area contributed by atoms with E-state index >= 15 is 0 Å². The van der Waals surface area contributed by atoms with E-state index in [2.05, 4.69) is 229 Å². The van der Waals surface area contributed by atoms with Crippen molar-refractivity contribution < 1.29 is 0 Å². The summed E-state index contributed by atoms with van der Waals surface area (Å²) in [6.45, 7) is 0. The van der Waals surface area contributed by atoms with Gasteiger partial charge in [0.2, 0.25) is 0 Å². The van der Waals surface area contributed by atoms with E-state index in [1.807, 2.05) is 11.3 Å². The minimum atomic E-state index is 1.10. The van der Waals surface area contributed by atoms with Crippen LogP contribution in [0.25, 0.3) is 86.2 Å². The van der Waals surface area contributed by atoms with Gasteiger partial charge in [-0.3, -0.25) is 0 Å². The summed E-state index contributed by atoms with van der Waals surface area (Å²) in [7, 11) is 0. The van der Waals surface area contributed by atoms with Gasteiger partial charge in [-0.2, -0.15) is 0 Å². The largest absolute Gasteiger partial charge is 0.310 e. The van der Waals surface area contributed by atoms with Gasteiger partial charge in [0.1, 0.15) is 0 Å². The summed E-state index contributed by atoms with van der Waals surface area (Å²) in [4.78, 5) is 2.42. The molecule has 0 saturated heterocycles. The first-order chi connectivity index (χ1) is 28.7. The number of rotatable bonds is 7. The van der Waals surface area contributed by atoms with Crippen molar-refractivity contribution in [2.24, 2.45) is 0 Å². The molecular formula is C56H37NS. The zero-order valence-corrected chi connectivity index (χ0v) is 32.5. The third-order valence-electron chi connectivity index (χ3n) is 11.5.